The summed E-state index contributed by atoms with van der Waals surface area (Å²) in [6.07, 6.45) is 3.45. The zero-order valence-electron chi connectivity index (χ0n) is 13.4. The molecule has 3 heterocycles. The fraction of sp³-hybridized carbons (Fsp3) is 0.250. The van der Waals surface area contributed by atoms with Gasteiger partial charge in [-0.25, -0.2) is 9.38 Å². The number of pyridine rings is 1. The van der Waals surface area contributed by atoms with Crippen molar-refractivity contribution in [3.05, 3.63) is 57.2 Å². The molecule has 7 nitrogen and oxygen atoms in total. The van der Waals surface area contributed by atoms with Crippen molar-refractivity contribution in [2.24, 2.45) is 5.73 Å². The van der Waals surface area contributed by atoms with Crippen LogP contribution in [0.5, 0.6) is 0 Å². The molecule has 0 radical (unpaired) electrons. The van der Waals surface area contributed by atoms with Gasteiger partial charge in [0.05, 0.1) is 12.2 Å². The highest BCUT2D eigenvalue weighted by atomic mass is 32.1. The second kappa shape index (κ2) is 6.40. The Morgan fingerprint density at radius 2 is 2.08 bits per heavy atom. The van der Waals surface area contributed by atoms with E-state index < -0.39 is 5.91 Å². The maximum Gasteiger partial charge on any atom is 0.266 e. The molecule has 0 saturated carbocycles. The summed E-state index contributed by atoms with van der Waals surface area (Å²) in [4.78, 5) is 35.8. The van der Waals surface area contributed by atoms with Crippen molar-refractivity contribution in [3.63, 3.8) is 0 Å². The van der Waals surface area contributed by atoms with Crippen LogP contribution in [0.1, 0.15) is 28.0 Å². The van der Waals surface area contributed by atoms with Gasteiger partial charge in [0, 0.05) is 35.6 Å². The predicted octanol–water partition coefficient (Wildman–Crippen LogP) is 1.58. The van der Waals surface area contributed by atoms with E-state index in [9.17, 15) is 9.59 Å². The van der Waals surface area contributed by atoms with Crippen LogP contribution in [0.15, 0.2) is 35.4 Å². The molecule has 3 rings (SSSR count). The first-order chi connectivity index (χ1) is 11.5. The molecular weight excluding hydrogens is 326 g/mol. The standard InChI is InChI=1S/C16H17N5O2S/c1-3-20(12-4-6-18-7-5-12)9-11-8-13(22)21-14(15(17)23)10(2)24-16(21)19-11/h4-8H,3,9H2,1-2H3,(H2,17,23). The monoisotopic (exact) mass is 343 g/mol. The van der Waals surface area contributed by atoms with Gasteiger partial charge in [-0.3, -0.25) is 14.6 Å². The second-order valence-corrected chi connectivity index (χ2v) is 6.48. The summed E-state index contributed by atoms with van der Waals surface area (Å²) in [5, 5.41) is 0. The van der Waals surface area contributed by atoms with Crippen molar-refractivity contribution in [3.8, 4) is 0 Å². The zero-order chi connectivity index (χ0) is 17.3. The highest BCUT2D eigenvalue weighted by molar-refractivity contribution is 7.17. The van der Waals surface area contributed by atoms with Crippen LogP contribution in [0.3, 0.4) is 0 Å². The molecule has 0 aliphatic carbocycles. The van der Waals surface area contributed by atoms with Crippen molar-refractivity contribution < 1.29 is 4.79 Å². The van der Waals surface area contributed by atoms with E-state index in [2.05, 4.69) is 14.9 Å². The molecule has 8 heteroatoms. The second-order valence-electron chi connectivity index (χ2n) is 5.29. The van der Waals surface area contributed by atoms with Crippen molar-refractivity contribution in [1.82, 2.24) is 14.4 Å². The van der Waals surface area contributed by atoms with Crippen LogP contribution in [-0.2, 0) is 6.54 Å². The van der Waals surface area contributed by atoms with E-state index >= 15 is 0 Å². The number of carbonyl (C=O) groups is 1. The van der Waals surface area contributed by atoms with Gasteiger partial charge in [0.25, 0.3) is 11.5 Å². The molecule has 1 amide bonds. The number of carbonyl (C=O) groups excluding carboxylic acids is 1. The summed E-state index contributed by atoms with van der Waals surface area (Å²) in [5.74, 6) is -0.623. The van der Waals surface area contributed by atoms with Crippen LogP contribution in [0.25, 0.3) is 4.96 Å². The third-order valence-corrected chi connectivity index (χ3v) is 4.69. The van der Waals surface area contributed by atoms with Crippen LogP contribution in [0, 0.1) is 6.92 Å². The van der Waals surface area contributed by atoms with Crippen molar-refractivity contribution in [1.29, 1.82) is 0 Å². The number of nitrogens with two attached hydrogens (primary N) is 1. The number of hydrogen-bond acceptors (Lipinski definition) is 6. The largest absolute Gasteiger partial charge is 0.366 e. The summed E-state index contributed by atoms with van der Waals surface area (Å²) >= 11 is 1.29. The quantitative estimate of drug-likeness (QED) is 0.759. The lowest BCUT2D eigenvalue weighted by atomic mass is 10.3. The van der Waals surface area contributed by atoms with Gasteiger partial charge in [-0.2, -0.15) is 0 Å². The van der Waals surface area contributed by atoms with Crippen LogP contribution in [-0.4, -0.2) is 26.8 Å². The molecule has 0 atom stereocenters. The summed E-state index contributed by atoms with van der Waals surface area (Å²) in [6, 6.07) is 5.28. The number of rotatable bonds is 5. The van der Waals surface area contributed by atoms with Gasteiger partial charge in [-0.15, -0.1) is 11.3 Å². The average molecular weight is 343 g/mol. The normalized spacial score (nSPS) is 10.9. The van der Waals surface area contributed by atoms with Gasteiger partial charge < -0.3 is 10.6 Å². The average Bonchev–Trinajstić information content (AvgIpc) is 2.90. The molecular formula is C16H17N5O2S. The van der Waals surface area contributed by atoms with Gasteiger partial charge in [0.1, 0.15) is 5.69 Å². The molecule has 0 aliphatic heterocycles. The molecule has 0 aromatic carbocycles. The Morgan fingerprint density at radius 1 is 1.38 bits per heavy atom. The molecule has 0 bridgehead atoms. The van der Waals surface area contributed by atoms with Crippen molar-refractivity contribution in [2.75, 3.05) is 11.4 Å². The Kier molecular flexibility index (Phi) is 4.30. The summed E-state index contributed by atoms with van der Waals surface area (Å²) in [5.41, 5.74) is 6.95. The molecule has 0 fully saturated rings. The molecule has 0 unspecified atom stereocenters. The van der Waals surface area contributed by atoms with Gasteiger partial charge in [0.2, 0.25) is 0 Å². The highest BCUT2D eigenvalue weighted by Gasteiger charge is 2.17. The Labute approximate surface area is 142 Å². The van der Waals surface area contributed by atoms with Crippen molar-refractivity contribution in [2.45, 2.75) is 20.4 Å². The summed E-state index contributed by atoms with van der Waals surface area (Å²) < 4.78 is 1.29. The minimum Gasteiger partial charge on any atom is -0.366 e. The SMILES string of the molecule is CCN(Cc1cc(=O)n2c(C(N)=O)c(C)sc2n1)c1ccncc1. The van der Waals surface area contributed by atoms with Gasteiger partial charge in [-0.1, -0.05) is 0 Å². The summed E-state index contributed by atoms with van der Waals surface area (Å²) in [6.45, 7) is 5.05. The number of thiazole rings is 1. The van der Waals surface area contributed by atoms with Crippen LogP contribution >= 0.6 is 11.3 Å². The predicted molar refractivity (Wildman–Crippen MR) is 93.6 cm³/mol. The van der Waals surface area contributed by atoms with Crippen LogP contribution in [0.2, 0.25) is 0 Å². The van der Waals surface area contributed by atoms with E-state index in [-0.39, 0.29) is 11.3 Å². The lowest BCUT2D eigenvalue weighted by Gasteiger charge is -2.22. The minimum absolute atomic E-state index is 0.209. The van der Waals surface area contributed by atoms with E-state index in [0.29, 0.717) is 22.1 Å². The van der Waals surface area contributed by atoms with Crippen LogP contribution < -0.4 is 16.2 Å². The number of anilines is 1. The Balaban J connectivity index is 2.02. The van der Waals surface area contributed by atoms with E-state index in [0.717, 1.165) is 12.2 Å². The first-order valence-corrected chi connectivity index (χ1v) is 8.29. The molecule has 0 aliphatic rings. The van der Waals surface area contributed by atoms with Crippen molar-refractivity contribution >= 4 is 27.9 Å². The number of primary amides is 1. The molecule has 124 valence electrons. The lowest BCUT2D eigenvalue weighted by molar-refractivity contribution is 0.0994. The first kappa shape index (κ1) is 16.1. The Morgan fingerprint density at radius 3 is 2.71 bits per heavy atom. The molecule has 3 aromatic heterocycles. The fourth-order valence-corrected chi connectivity index (χ4v) is 3.62. The number of hydrogen-bond donors (Lipinski definition) is 1. The smallest absolute Gasteiger partial charge is 0.266 e. The maximum atomic E-state index is 12.4. The number of nitrogens with zero attached hydrogens (tertiary/aromatic N) is 4. The van der Waals surface area contributed by atoms with Crippen LogP contribution in [0.4, 0.5) is 5.69 Å². The highest BCUT2D eigenvalue weighted by Crippen LogP contribution is 2.20. The third-order valence-electron chi connectivity index (χ3n) is 3.74. The number of amides is 1. The topological polar surface area (TPSA) is 93.6 Å². The minimum atomic E-state index is -0.623. The summed E-state index contributed by atoms with van der Waals surface area (Å²) in [7, 11) is 0. The molecule has 24 heavy (non-hydrogen) atoms. The van der Waals surface area contributed by atoms with E-state index in [1.54, 1.807) is 19.3 Å². The van der Waals surface area contributed by atoms with Gasteiger partial charge >= 0.3 is 0 Å². The molecule has 2 N–H and O–H groups in total. The zero-order valence-corrected chi connectivity index (χ0v) is 14.2. The fourth-order valence-electron chi connectivity index (χ4n) is 2.62. The molecule has 3 aromatic rings. The third kappa shape index (κ3) is 2.88. The van der Waals surface area contributed by atoms with E-state index in [4.69, 9.17) is 5.73 Å². The lowest BCUT2D eigenvalue weighted by Crippen LogP contribution is -2.26. The first-order valence-electron chi connectivity index (χ1n) is 7.48. The van der Waals surface area contributed by atoms with E-state index in [1.807, 2.05) is 19.1 Å². The van der Waals surface area contributed by atoms with Gasteiger partial charge in [-0.05, 0) is 26.0 Å². The number of fused-ring (bicyclic) bond motifs is 1. The molecule has 0 saturated heterocycles. The van der Waals surface area contributed by atoms with Gasteiger partial charge in [0.15, 0.2) is 4.96 Å². The number of aryl methyl sites for hydroxylation is 1. The number of aromatic nitrogens is 3. The Hall–Kier alpha value is -2.74. The van der Waals surface area contributed by atoms with E-state index in [1.165, 1.54) is 21.8 Å². The molecule has 0 spiro atoms. The maximum absolute atomic E-state index is 12.4. The Bertz CT molecular complexity index is 948.